The second kappa shape index (κ2) is 11.1. The van der Waals surface area contributed by atoms with Crippen LogP contribution >= 0.6 is 23.2 Å². The Morgan fingerprint density at radius 3 is 1.88 bits per heavy atom. The van der Waals surface area contributed by atoms with Gasteiger partial charge in [-0.15, -0.1) is 0 Å². The molecular weight excluding hydrogens is 569 g/mol. The lowest BCUT2D eigenvalue weighted by molar-refractivity contribution is 0.625. The molecule has 9 heteroatoms. The first-order chi connectivity index (χ1) is 20.6. The van der Waals surface area contributed by atoms with E-state index in [0.29, 0.717) is 33.2 Å². The highest BCUT2D eigenvalue weighted by atomic mass is 35.5. The van der Waals surface area contributed by atoms with Crippen molar-refractivity contribution in [3.8, 4) is 34.6 Å². The van der Waals surface area contributed by atoms with Gasteiger partial charge in [-0.2, -0.15) is 0 Å². The van der Waals surface area contributed by atoms with Crippen molar-refractivity contribution in [1.82, 2.24) is 24.9 Å². The fraction of sp³-hybridized carbons (Fsp3) is 0.0303. The van der Waals surface area contributed by atoms with Gasteiger partial charge in [-0.05, 0) is 72.7 Å². The number of hydrogen-bond donors (Lipinski definition) is 1. The van der Waals surface area contributed by atoms with E-state index in [9.17, 15) is 0 Å². The number of furan rings is 2. The minimum absolute atomic E-state index is 0.550. The number of nitrogens with one attached hydrogen (secondary N) is 1. The van der Waals surface area contributed by atoms with Gasteiger partial charge in [-0.25, -0.2) is 19.9 Å². The Labute approximate surface area is 250 Å². The number of nitrogens with zero attached hydrogens (tertiary/aromatic N) is 4. The molecule has 0 unspecified atom stereocenters. The molecule has 5 heterocycles. The normalized spacial score (nSPS) is 12.5. The summed E-state index contributed by atoms with van der Waals surface area (Å²) >= 11 is 12.0. The molecule has 0 spiro atoms. The summed E-state index contributed by atoms with van der Waals surface area (Å²) in [5, 5.41) is 3.26. The summed E-state index contributed by atoms with van der Waals surface area (Å²) in [6.07, 6.45) is 12.5. The molecule has 2 aromatic carbocycles. The van der Waals surface area contributed by atoms with Crippen molar-refractivity contribution in [1.29, 1.82) is 0 Å². The second-order valence-electron chi connectivity index (χ2n) is 9.52. The largest absolute Gasteiger partial charge is 0.453 e. The maximum Gasteiger partial charge on any atom is 0.196 e. The van der Waals surface area contributed by atoms with Gasteiger partial charge in [0.15, 0.2) is 23.2 Å². The molecule has 0 aliphatic heterocycles. The molecule has 0 amide bonds. The summed E-state index contributed by atoms with van der Waals surface area (Å²) in [6, 6.07) is 22.6. The molecule has 7 aromatic rings. The van der Waals surface area contributed by atoms with Crippen molar-refractivity contribution in [3.63, 3.8) is 0 Å². The van der Waals surface area contributed by atoms with Crippen LogP contribution in [0.15, 0.2) is 118 Å². The highest BCUT2D eigenvalue weighted by molar-refractivity contribution is 6.31. The molecule has 1 aliphatic rings. The van der Waals surface area contributed by atoms with E-state index < -0.39 is 0 Å². The molecule has 5 aromatic heterocycles. The number of aromatic nitrogens is 5. The molecule has 0 fully saturated rings. The average Bonchev–Trinajstić information content (AvgIpc) is 3.84. The van der Waals surface area contributed by atoms with E-state index >= 15 is 0 Å². The Kier molecular flexibility index (Phi) is 6.87. The van der Waals surface area contributed by atoms with E-state index in [1.165, 1.54) is 5.57 Å². The van der Waals surface area contributed by atoms with Gasteiger partial charge in [0.1, 0.15) is 11.2 Å². The molecule has 0 saturated carbocycles. The maximum atomic E-state index is 5.98. The Hall–Kier alpha value is -4.98. The second-order valence-corrected chi connectivity index (χ2v) is 10.4. The number of halogens is 2. The van der Waals surface area contributed by atoms with Crippen LogP contribution in [0, 0.1) is 0 Å². The number of allylic oxidation sites excluding steroid dienone is 4. The van der Waals surface area contributed by atoms with Crippen molar-refractivity contribution in [2.75, 3.05) is 0 Å². The first kappa shape index (κ1) is 26.0. The average molecular weight is 590 g/mol. The molecule has 0 bridgehead atoms. The smallest absolute Gasteiger partial charge is 0.196 e. The lowest BCUT2D eigenvalue weighted by Crippen LogP contribution is -1.92. The predicted octanol–water partition coefficient (Wildman–Crippen LogP) is 9.42. The van der Waals surface area contributed by atoms with Crippen molar-refractivity contribution >= 4 is 50.7 Å². The van der Waals surface area contributed by atoms with E-state index in [1.54, 1.807) is 24.5 Å². The maximum absolute atomic E-state index is 5.98. The molecule has 0 saturated heterocycles. The molecule has 1 aliphatic carbocycles. The van der Waals surface area contributed by atoms with Gasteiger partial charge in [0.2, 0.25) is 0 Å². The summed E-state index contributed by atoms with van der Waals surface area (Å²) in [5.41, 5.74) is 5.36. The predicted molar refractivity (Wildman–Crippen MR) is 166 cm³/mol. The van der Waals surface area contributed by atoms with Crippen LogP contribution in [-0.4, -0.2) is 24.9 Å². The van der Waals surface area contributed by atoms with E-state index in [4.69, 9.17) is 32.0 Å². The van der Waals surface area contributed by atoms with Crippen molar-refractivity contribution < 1.29 is 8.83 Å². The molecule has 8 rings (SSSR count). The van der Waals surface area contributed by atoms with Crippen LogP contribution in [0.4, 0.5) is 0 Å². The van der Waals surface area contributed by atoms with Crippen LogP contribution in [0.25, 0.3) is 62.1 Å². The van der Waals surface area contributed by atoms with Gasteiger partial charge in [0, 0.05) is 51.5 Å². The van der Waals surface area contributed by atoms with Gasteiger partial charge in [0.25, 0.3) is 0 Å². The first-order valence-electron chi connectivity index (χ1n) is 13.1. The quantitative estimate of drug-likeness (QED) is 0.220. The molecule has 0 radical (unpaired) electrons. The number of fused-ring (bicyclic) bond motifs is 2. The number of rotatable bonds is 4. The Balaban J connectivity index is 0.000000137. The lowest BCUT2D eigenvalue weighted by atomic mass is 10.1. The fourth-order valence-corrected chi connectivity index (χ4v) is 4.97. The van der Waals surface area contributed by atoms with Crippen LogP contribution in [0.2, 0.25) is 10.0 Å². The van der Waals surface area contributed by atoms with Crippen LogP contribution in [0.3, 0.4) is 0 Å². The third-order valence-electron chi connectivity index (χ3n) is 6.69. The zero-order valence-electron chi connectivity index (χ0n) is 22.0. The SMILES string of the molecule is Clc1ccc2cc(-c3nccc(-c4ccc[nH]4)n3)oc2c1.Clc1ccc2cc(-c3nccc(C4=CC=CC4)n3)oc2c1. The number of hydrogen-bond acceptors (Lipinski definition) is 6. The first-order valence-corrected chi connectivity index (χ1v) is 13.9. The Morgan fingerprint density at radius 2 is 1.31 bits per heavy atom. The van der Waals surface area contributed by atoms with Gasteiger partial charge < -0.3 is 13.8 Å². The molecular formula is C33H21Cl2N5O2. The van der Waals surface area contributed by atoms with Crippen LogP contribution in [-0.2, 0) is 0 Å². The minimum Gasteiger partial charge on any atom is -0.453 e. The summed E-state index contributed by atoms with van der Waals surface area (Å²) < 4.78 is 11.6. The van der Waals surface area contributed by atoms with Crippen molar-refractivity contribution in [2.45, 2.75) is 6.42 Å². The summed E-state index contributed by atoms with van der Waals surface area (Å²) in [7, 11) is 0. The van der Waals surface area contributed by atoms with Crippen LogP contribution in [0.1, 0.15) is 12.1 Å². The number of aromatic amines is 1. The molecule has 7 nitrogen and oxygen atoms in total. The summed E-state index contributed by atoms with van der Waals surface area (Å²) in [5.74, 6) is 2.42. The lowest BCUT2D eigenvalue weighted by Gasteiger charge is -2.02. The van der Waals surface area contributed by atoms with E-state index in [1.807, 2.05) is 72.9 Å². The van der Waals surface area contributed by atoms with Gasteiger partial charge in [-0.3, -0.25) is 0 Å². The zero-order valence-corrected chi connectivity index (χ0v) is 23.5. The van der Waals surface area contributed by atoms with Crippen molar-refractivity contribution in [3.05, 3.63) is 125 Å². The molecule has 42 heavy (non-hydrogen) atoms. The fourth-order valence-electron chi connectivity index (χ4n) is 4.64. The Morgan fingerprint density at radius 1 is 0.690 bits per heavy atom. The highest BCUT2D eigenvalue weighted by Crippen LogP contribution is 2.30. The zero-order chi connectivity index (χ0) is 28.5. The minimum atomic E-state index is 0.550. The third-order valence-corrected chi connectivity index (χ3v) is 7.16. The number of benzene rings is 2. The molecule has 0 atom stereocenters. The van der Waals surface area contributed by atoms with E-state index in [-0.39, 0.29) is 0 Å². The van der Waals surface area contributed by atoms with Gasteiger partial charge >= 0.3 is 0 Å². The summed E-state index contributed by atoms with van der Waals surface area (Å²) in [6.45, 7) is 0. The van der Waals surface area contributed by atoms with Gasteiger partial charge in [-0.1, -0.05) is 41.4 Å². The standard InChI is InChI=1S/C17H11ClN2O.C16H10ClN3O/c18-13-6-5-12-9-16(21-15(12)10-13)17-19-8-7-14(20-17)11-3-1-2-4-11;17-11-4-3-10-8-15(21-14(10)9-11)16-19-7-5-13(20-16)12-2-1-6-18-12/h1-3,5-10H,4H2;1-9,18H. The van der Waals surface area contributed by atoms with E-state index in [2.05, 4.69) is 37.1 Å². The van der Waals surface area contributed by atoms with Gasteiger partial charge in [0.05, 0.1) is 17.1 Å². The topological polar surface area (TPSA) is 93.6 Å². The molecule has 1 N–H and O–H groups in total. The Bertz CT molecular complexity index is 2110. The van der Waals surface area contributed by atoms with Crippen LogP contribution < -0.4 is 0 Å². The number of H-pyrrole nitrogens is 1. The van der Waals surface area contributed by atoms with Crippen molar-refractivity contribution in [2.24, 2.45) is 0 Å². The monoisotopic (exact) mass is 589 g/mol. The van der Waals surface area contributed by atoms with E-state index in [0.717, 1.165) is 45.4 Å². The third kappa shape index (κ3) is 5.35. The molecule has 204 valence electrons. The van der Waals surface area contributed by atoms with Crippen LogP contribution in [0.5, 0.6) is 0 Å². The highest BCUT2D eigenvalue weighted by Gasteiger charge is 2.13. The summed E-state index contributed by atoms with van der Waals surface area (Å²) in [4.78, 5) is 20.9.